The Balaban J connectivity index is 1.44. The third-order valence-corrected chi connectivity index (χ3v) is 4.52. The highest BCUT2D eigenvalue weighted by Gasteiger charge is 2.13. The number of aromatic nitrogens is 2. The summed E-state index contributed by atoms with van der Waals surface area (Å²) in [5.74, 6) is 1.80. The molecule has 0 aliphatic heterocycles. The molecule has 0 unspecified atom stereocenters. The average molecular weight is 379 g/mol. The largest absolute Gasteiger partial charge is 0.491 e. The monoisotopic (exact) mass is 379 g/mol. The smallest absolute Gasteiger partial charge is 0.247 e. The molecule has 0 atom stereocenters. The predicted octanol–water partition coefficient (Wildman–Crippen LogP) is 3.82. The lowest BCUT2D eigenvalue weighted by molar-refractivity contribution is -0.130. The van der Waals surface area contributed by atoms with Gasteiger partial charge in [-0.1, -0.05) is 35.9 Å². The van der Waals surface area contributed by atoms with Crippen LogP contribution in [-0.2, 0) is 11.2 Å². The minimum absolute atomic E-state index is 0.0171. The minimum Gasteiger partial charge on any atom is -0.491 e. The molecular formula is C22H25N3O3. The number of aryl methyl sites for hydroxylation is 3. The Morgan fingerprint density at radius 1 is 1.07 bits per heavy atom. The number of ether oxygens (including phenoxy) is 1. The molecule has 3 aromatic rings. The van der Waals surface area contributed by atoms with Gasteiger partial charge in [0.05, 0.1) is 6.54 Å². The number of nitrogens with zero attached hydrogens (tertiary/aromatic N) is 3. The van der Waals surface area contributed by atoms with E-state index in [1.54, 1.807) is 11.9 Å². The molecule has 0 radical (unpaired) electrons. The van der Waals surface area contributed by atoms with E-state index in [0.29, 0.717) is 37.8 Å². The molecule has 6 heteroatoms. The summed E-state index contributed by atoms with van der Waals surface area (Å²) < 4.78 is 11.4. The van der Waals surface area contributed by atoms with Crippen molar-refractivity contribution in [3.05, 3.63) is 65.5 Å². The van der Waals surface area contributed by atoms with Crippen molar-refractivity contribution in [3.8, 4) is 17.2 Å². The topological polar surface area (TPSA) is 68.5 Å². The van der Waals surface area contributed by atoms with Crippen LogP contribution in [0.1, 0.15) is 23.4 Å². The number of rotatable bonds is 8. The van der Waals surface area contributed by atoms with E-state index in [9.17, 15) is 4.79 Å². The average Bonchev–Trinajstić information content (AvgIpc) is 3.17. The summed E-state index contributed by atoms with van der Waals surface area (Å²) in [6.45, 7) is 4.99. The molecule has 0 saturated carbocycles. The molecule has 146 valence electrons. The van der Waals surface area contributed by atoms with E-state index in [0.717, 1.165) is 16.9 Å². The lowest BCUT2D eigenvalue weighted by Gasteiger charge is -2.17. The van der Waals surface area contributed by atoms with Crippen molar-refractivity contribution in [3.63, 3.8) is 0 Å². The Kier molecular flexibility index (Phi) is 6.42. The van der Waals surface area contributed by atoms with Gasteiger partial charge < -0.3 is 14.1 Å². The van der Waals surface area contributed by atoms with E-state index in [-0.39, 0.29) is 5.91 Å². The number of likely N-dealkylation sites (N-methyl/N-ethyl adjacent to an activating group) is 1. The molecular weight excluding hydrogens is 354 g/mol. The molecule has 0 saturated heterocycles. The van der Waals surface area contributed by atoms with Crippen molar-refractivity contribution in [1.29, 1.82) is 0 Å². The predicted molar refractivity (Wildman–Crippen MR) is 107 cm³/mol. The molecule has 0 bridgehead atoms. The molecule has 0 aliphatic carbocycles. The van der Waals surface area contributed by atoms with Crippen LogP contribution in [0.4, 0.5) is 0 Å². The van der Waals surface area contributed by atoms with Gasteiger partial charge in [-0.15, -0.1) is 10.2 Å². The van der Waals surface area contributed by atoms with Crippen LogP contribution in [0.25, 0.3) is 11.5 Å². The Bertz CT molecular complexity index is 919. The van der Waals surface area contributed by atoms with Gasteiger partial charge in [-0.05, 0) is 37.6 Å². The first-order valence-electron chi connectivity index (χ1n) is 9.35. The maximum Gasteiger partial charge on any atom is 0.247 e. The van der Waals surface area contributed by atoms with E-state index in [1.165, 1.54) is 5.56 Å². The second-order valence-electron chi connectivity index (χ2n) is 6.80. The third kappa shape index (κ3) is 5.19. The second kappa shape index (κ2) is 9.17. The van der Waals surface area contributed by atoms with Crippen molar-refractivity contribution in [1.82, 2.24) is 15.1 Å². The van der Waals surface area contributed by atoms with Crippen LogP contribution in [0.15, 0.2) is 52.9 Å². The zero-order chi connectivity index (χ0) is 19.9. The summed E-state index contributed by atoms with van der Waals surface area (Å²) >= 11 is 0. The van der Waals surface area contributed by atoms with Crippen LogP contribution in [0.5, 0.6) is 5.75 Å². The van der Waals surface area contributed by atoms with Gasteiger partial charge in [-0.25, -0.2) is 0 Å². The molecule has 0 fully saturated rings. The van der Waals surface area contributed by atoms with Gasteiger partial charge in [-0.2, -0.15) is 0 Å². The molecule has 3 rings (SSSR count). The maximum absolute atomic E-state index is 12.3. The standard InChI is InChI=1S/C22H25N3O3/c1-16-8-10-18(11-9-16)22-24-23-20(28-22)12-13-21(26)25(3)14-15-27-19-7-5-4-6-17(19)2/h4-11H,12-15H2,1-3H3. The zero-order valence-electron chi connectivity index (χ0n) is 16.5. The number of carbonyl (C=O) groups is 1. The number of benzene rings is 2. The van der Waals surface area contributed by atoms with Crippen LogP contribution in [0.3, 0.4) is 0 Å². The summed E-state index contributed by atoms with van der Waals surface area (Å²) in [6, 6.07) is 15.7. The Labute approximate surface area is 165 Å². The summed E-state index contributed by atoms with van der Waals surface area (Å²) in [5, 5.41) is 8.11. The lowest BCUT2D eigenvalue weighted by Crippen LogP contribution is -2.31. The summed E-state index contributed by atoms with van der Waals surface area (Å²) in [5.41, 5.74) is 3.13. The molecule has 2 aromatic carbocycles. The quantitative estimate of drug-likeness (QED) is 0.595. The van der Waals surface area contributed by atoms with Gasteiger partial charge in [0.25, 0.3) is 0 Å². The van der Waals surface area contributed by atoms with Crippen LogP contribution in [-0.4, -0.2) is 41.2 Å². The fourth-order valence-electron chi connectivity index (χ4n) is 2.71. The number of amides is 1. The Morgan fingerprint density at radius 3 is 2.57 bits per heavy atom. The number of hydrogen-bond acceptors (Lipinski definition) is 5. The van der Waals surface area contributed by atoms with Gasteiger partial charge in [0.1, 0.15) is 12.4 Å². The number of hydrogen-bond donors (Lipinski definition) is 0. The van der Waals surface area contributed by atoms with E-state index in [1.807, 2.05) is 62.4 Å². The summed E-state index contributed by atoms with van der Waals surface area (Å²) in [7, 11) is 1.77. The third-order valence-electron chi connectivity index (χ3n) is 4.52. The van der Waals surface area contributed by atoms with Crippen LogP contribution >= 0.6 is 0 Å². The van der Waals surface area contributed by atoms with Gasteiger partial charge in [0, 0.05) is 25.5 Å². The van der Waals surface area contributed by atoms with Crippen molar-refractivity contribution >= 4 is 5.91 Å². The summed E-state index contributed by atoms with van der Waals surface area (Å²) in [4.78, 5) is 14.0. The molecule has 0 aliphatic rings. The van der Waals surface area contributed by atoms with Crippen LogP contribution in [0.2, 0.25) is 0 Å². The lowest BCUT2D eigenvalue weighted by atomic mass is 10.1. The SMILES string of the molecule is Cc1ccc(-c2nnc(CCC(=O)N(C)CCOc3ccccc3C)o2)cc1. The molecule has 1 amide bonds. The molecule has 0 spiro atoms. The van der Waals surface area contributed by atoms with Crippen LogP contribution in [0, 0.1) is 13.8 Å². The molecule has 1 aromatic heterocycles. The minimum atomic E-state index is 0.0171. The van der Waals surface area contributed by atoms with E-state index in [4.69, 9.17) is 9.15 Å². The first-order valence-corrected chi connectivity index (χ1v) is 9.35. The second-order valence-corrected chi connectivity index (χ2v) is 6.80. The Morgan fingerprint density at radius 2 is 1.82 bits per heavy atom. The van der Waals surface area contributed by atoms with Gasteiger partial charge in [-0.3, -0.25) is 4.79 Å². The molecule has 1 heterocycles. The highest BCUT2D eigenvalue weighted by molar-refractivity contribution is 5.76. The van der Waals surface area contributed by atoms with Crippen molar-refractivity contribution in [2.45, 2.75) is 26.7 Å². The van der Waals surface area contributed by atoms with Gasteiger partial charge >= 0.3 is 0 Å². The van der Waals surface area contributed by atoms with E-state index < -0.39 is 0 Å². The number of para-hydroxylation sites is 1. The van der Waals surface area contributed by atoms with Crippen molar-refractivity contribution in [2.24, 2.45) is 0 Å². The van der Waals surface area contributed by atoms with Crippen molar-refractivity contribution in [2.75, 3.05) is 20.2 Å². The van der Waals surface area contributed by atoms with E-state index in [2.05, 4.69) is 10.2 Å². The Hall–Kier alpha value is -3.15. The van der Waals surface area contributed by atoms with Crippen LogP contribution < -0.4 is 4.74 Å². The molecule has 28 heavy (non-hydrogen) atoms. The van der Waals surface area contributed by atoms with Gasteiger partial charge in [0.2, 0.25) is 17.7 Å². The first-order chi connectivity index (χ1) is 13.5. The molecule has 6 nitrogen and oxygen atoms in total. The van der Waals surface area contributed by atoms with Gasteiger partial charge in [0.15, 0.2) is 0 Å². The zero-order valence-corrected chi connectivity index (χ0v) is 16.5. The highest BCUT2D eigenvalue weighted by atomic mass is 16.5. The van der Waals surface area contributed by atoms with E-state index >= 15 is 0 Å². The fourth-order valence-corrected chi connectivity index (χ4v) is 2.71. The first kappa shape index (κ1) is 19.6. The summed E-state index contributed by atoms with van der Waals surface area (Å²) in [6.07, 6.45) is 0.733. The highest BCUT2D eigenvalue weighted by Crippen LogP contribution is 2.19. The fraction of sp³-hybridized carbons (Fsp3) is 0.318. The maximum atomic E-state index is 12.3. The molecule has 0 N–H and O–H groups in total. The normalized spacial score (nSPS) is 10.7. The number of carbonyl (C=O) groups excluding carboxylic acids is 1. The van der Waals surface area contributed by atoms with Crippen molar-refractivity contribution < 1.29 is 13.9 Å².